The summed E-state index contributed by atoms with van der Waals surface area (Å²) in [4.78, 5) is 6.42. The van der Waals surface area contributed by atoms with Crippen LogP contribution in [-0.4, -0.2) is 30.4 Å². The topological polar surface area (TPSA) is 15.6 Å². The normalized spacial score (nSPS) is 38.9. The predicted octanol–water partition coefficient (Wildman–Crippen LogP) is 0.737. The molecule has 1 heterocycles. The molecule has 0 spiro atoms. The maximum atomic E-state index is 4.20. The zero-order valence-corrected chi connectivity index (χ0v) is 5.63. The van der Waals surface area contributed by atoms with Crippen molar-refractivity contribution in [1.29, 1.82) is 0 Å². The Morgan fingerprint density at radius 1 is 1.50 bits per heavy atom. The number of hydrogen-bond acceptors (Lipinski definition) is 2. The van der Waals surface area contributed by atoms with Crippen LogP contribution < -0.4 is 0 Å². The zero-order chi connectivity index (χ0) is 6.15. The van der Waals surface area contributed by atoms with Gasteiger partial charge in [0.25, 0.3) is 0 Å². The third-order valence-electron chi connectivity index (χ3n) is 1.75. The summed E-state index contributed by atoms with van der Waals surface area (Å²) in [5.74, 6) is 0. The van der Waals surface area contributed by atoms with Gasteiger partial charge < -0.3 is 0 Å². The van der Waals surface area contributed by atoms with E-state index in [0.29, 0.717) is 12.2 Å². The molecule has 8 heavy (non-hydrogen) atoms. The summed E-state index contributed by atoms with van der Waals surface area (Å²) < 4.78 is 0. The van der Waals surface area contributed by atoms with Crippen LogP contribution in [0.1, 0.15) is 13.8 Å². The Kier molecular flexibility index (Phi) is 1.34. The summed E-state index contributed by atoms with van der Waals surface area (Å²) >= 11 is 0. The molecule has 0 fully saturated rings. The van der Waals surface area contributed by atoms with Crippen molar-refractivity contribution >= 4 is 6.21 Å². The quantitative estimate of drug-likeness (QED) is 0.451. The lowest BCUT2D eigenvalue weighted by Crippen LogP contribution is -2.29. The largest absolute Gasteiger partial charge is 0.278 e. The molecule has 46 valence electrons. The van der Waals surface area contributed by atoms with Gasteiger partial charge in [-0.3, -0.25) is 9.89 Å². The molecule has 0 aromatic heterocycles. The molecule has 2 unspecified atom stereocenters. The molecule has 1 rings (SSSR count). The van der Waals surface area contributed by atoms with E-state index in [1.807, 2.05) is 6.21 Å². The molecule has 2 nitrogen and oxygen atoms in total. The van der Waals surface area contributed by atoms with E-state index in [2.05, 4.69) is 30.8 Å². The number of nitrogens with zero attached hydrogens (tertiary/aromatic N) is 2. The van der Waals surface area contributed by atoms with Crippen molar-refractivity contribution in [2.75, 3.05) is 7.05 Å². The van der Waals surface area contributed by atoms with Crippen LogP contribution in [-0.2, 0) is 0 Å². The van der Waals surface area contributed by atoms with Gasteiger partial charge in [-0.2, -0.15) is 0 Å². The van der Waals surface area contributed by atoms with Crippen molar-refractivity contribution in [3.05, 3.63) is 0 Å². The van der Waals surface area contributed by atoms with Gasteiger partial charge in [-0.1, -0.05) is 0 Å². The Morgan fingerprint density at radius 2 is 2.12 bits per heavy atom. The lowest BCUT2D eigenvalue weighted by molar-refractivity contribution is 0.273. The Hall–Kier alpha value is -0.370. The highest BCUT2D eigenvalue weighted by atomic mass is 15.3. The van der Waals surface area contributed by atoms with Gasteiger partial charge in [0, 0.05) is 12.3 Å². The molecule has 2 atom stereocenters. The van der Waals surface area contributed by atoms with Crippen molar-refractivity contribution in [1.82, 2.24) is 4.90 Å². The second kappa shape index (κ2) is 1.86. The maximum Gasteiger partial charge on any atom is 0.0990 e. The van der Waals surface area contributed by atoms with Crippen molar-refractivity contribution in [3.8, 4) is 0 Å². The summed E-state index contributed by atoms with van der Waals surface area (Å²) in [7, 11) is 2.09. The predicted molar refractivity (Wildman–Crippen MR) is 35.2 cm³/mol. The van der Waals surface area contributed by atoms with Crippen LogP contribution >= 0.6 is 0 Å². The van der Waals surface area contributed by atoms with E-state index in [9.17, 15) is 0 Å². The minimum Gasteiger partial charge on any atom is -0.278 e. The van der Waals surface area contributed by atoms with Gasteiger partial charge in [0.15, 0.2) is 0 Å². The molecule has 1 aliphatic rings. The van der Waals surface area contributed by atoms with Gasteiger partial charge in [-0.25, -0.2) is 0 Å². The first-order valence-corrected chi connectivity index (χ1v) is 2.97. The van der Waals surface area contributed by atoms with Gasteiger partial charge in [-0.05, 0) is 20.9 Å². The summed E-state index contributed by atoms with van der Waals surface area (Å²) in [6, 6.07) is 0.532. The monoisotopic (exact) mass is 112 g/mol. The minimum absolute atomic E-state index is 0.394. The van der Waals surface area contributed by atoms with Crippen LogP contribution in [0.3, 0.4) is 0 Å². The Labute approximate surface area is 50.2 Å². The first-order valence-electron chi connectivity index (χ1n) is 2.97. The third-order valence-corrected chi connectivity index (χ3v) is 1.75. The van der Waals surface area contributed by atoms with E-state index in [-0.39, 0.29) is 0 Å². The molecule has 0 aromatic carbocycles. The van der Waals surface area contributed by atoms with E-state index in [4.69, 9.17) is 0 Å². The molecule has 1 aliphatic heterocycles. The maximum absolute atomic E-state index is 4.20. The van der Waals surface area contributed by atoms with Crippen LogP contribution in [0.25, 0.3) is 0 Å². The Balaban J connectivity index is 2.55. The van der Waals surface area contributed by atoms with E-state index >= 15 is 0 Å². The minimum atomic E-state index is 0.394. The fourth-order valence-electron chi connectivity index (χ4n) is 0.800. The molecule has 0 aromatic rings. The molecule has 0 radical (unpaired) electrons. The summed E-state index contributed by atoms with van der Waals surface area (Å²) in [5, 5.41) is 0. The lowest BCUT2D eigenvalue weighted by atomic mass is 10.3. The van der Waals surface area contributed by atoms with E-state index in [0.717, 1.165) is 0 Å². The van der Waals surface area contributed by atoms with Crippen LogP contribution in [0, 0.1) is 0 Å². The molecule has 0 saturated heterocycles. The summed E-state index contributed by atoms with van der Waals surface area (Å²) in [6.45, 7) is 4.24. The molecular weight excluding hydrogens is 100 g/mol. The highest BCUT2D eigenvalue weighted by Crippen LogP contribution is 2.07. The van der Waals surface area contributed by atoms with Crippen LogP contribution in [0.5, 0.6) is 0 Å². The van der Waals surface area contributed by atoms with E-state index in [1.165, 1.54) is 0 Å². The standard InChI is InChI=1S/C6H12N2/c1-5-4-7-6(2)8(5)3/h4-6H,1-3H3. The summed E-state index contributed by atoms with van der Waals surface area (Å²) in [5.41, 5.74) is 0. The SMILES string of the molecule is CC1C=NC(C)N1C. The smallest absolute Gasteiger partial charge is 0.0990 e. The van der Waals surface area contributed by atoms with Gasteiger partial charge in [0.1, 0.15) is 0 Å². The molecular formula is C6H12N2. The van der Waals surface area contributed by atoms with Crippen LogP contribution in [0.15, 0.2) is 4.99 Å². The van der Waals surface area contributed by atoms with Crippen LogP contribution in [0.4, 0.5) is 0 Å². The van der Waals surface area contributed by atoms with Gasteiger partial charge >= 0.3 is 0 Å². The zero-order valence-electron chi connectivity index (χ0n) is 5.63. The molecule has 0 amide bonds. The number of rotatable bonds is 0. The number of aliphatic imine (C=N–C) groups is 1. The Morgan fingerprint density at radius 3 is 2.25 bits per heavy atom. The second-order valence-corrected chi connectivity index (χ2v) is 2.34. The van der Waals surface area contributed by atoms with Gasteiger partial charge in [0.05, 0.1) is 6.17 Å². The van der Waals surface area contributed by atoms with Crippen molar-refractivity contribution < 1.29 is 0 Å². The van der Waals surface area contributed by atoms with Gasteiger partial charge in [0.2, 0.25) is 0 Å². The molecule has 0 saturated carbocycles. The third kappa shape index (κ3) is 0.757. The highest BCUT2D eigenvalue weighted by Gasteiger charge is 2.17. The highest BCUT2D eigenvalue weighted by molar-refractivity contribution is 5.66. The van der Waals surface area contributed by atoms with E-state index in [1.54, 1.807) is 0 Å². The average molecular weight is 112 g/mol. The fraction of sp³-hybridized carbons (Fsp3) is 0.833. The average Bonchev–Trinajstić information content (AvgIpc) is 1.98. The first kappa shape index (κ1) is 5.76. The Bertz CT molecular complexity index is 97.1. The molecule has 2 heteroatoms. The number of hydrogen-bond donors (Lipinski definition) is 0. The fourth-order valence-corrected chi connectivity index (χ4v) is 0.800. The summed E-state index contributed by atoms with van der Waals surface area (Å²) in [6.07, 6.45) is 2.38. The van der Waals surface area contributed by atoms with Gasteiger partial charge in [-0.15, -0.1) is 0 Å². The molecule has 0 bridgehead atoms. The molecule has 0 N–H and O–H groups in total. The first-order chi connectivity index (χ1) is 3.72. The molecule has 0 aliphatic carbocycles. The van der Waals surface area contributed by atoms with Crippen molar-refractivity contribution in [2.24, 2.45) is 4.99 Å². The van der Waals surface area contributed by atoms with Crippen molar-refractivity contribution in [3.63, 3.8) is 0 Å². The van der Waals surface area contributed by atoms with E-state index < -0.39 is 0 Å². The van der Waals surface area contributed by atoms with Crippen LogP contribution in [0.2, 0.25) is 0 Å². The lowest BCUT2D eigenvalue weighted by Gasteiger charge is -2.17. The second-order valence-electron chi connectivity index (χ2n) is 2.34. The van der Waals surface area contributed by atoms with Crippen molar-refractivity contribution in [2.45, 2.75) is 26.1 Å².